The van der Waals surface area contributed by atoms with Crippen LogP contribution in [0.2, 0.25) is 0 Å². The Morgan fingerprint density at radius 1 is 1.15 bits per heavy atom. The van der Waals surface area contributed by atoms with Crippen molar-refractivity contribution >= 4 is 21.9 Å². The molecule has 2 aromatic rings. The Bertz CT molecular complexity index is 1120. The highest BCUT2D eigenvalue weighted by Crippen LogP contribution is 2.52. The van der Waals surface area contributed by atoms with Crippen LogP contribution >= 0.6 is 0 Å². The highest BCUT2D eigenvalue weighted by atomic mass is 32.2. The molecule has 1 aliphatic carbocycles. The van der Waals surface area contributed by atoms with Crippen molar-refractivity contribution in [2.24, 2.45) is 10.8 Å². The summed E-state index contributed by atoms with van der Waals surface area (Å²) in [5, 5.41) is 0. The predicted octanol–water partition coefficient (Wildman–Crippen LogP) is 3.34. The van der Waals surface area contributed by atoms with Crippen LogP contribution in [-0.4, -0.2) is 44.4 Å². The molecule has 2 aliphatic rings. The van der Waals surface area contributed by atoms with E-state index in [1.165, 1.54) is 30.5 Å². The Morgan fingerprint density at radius 3 is 2.55 bits per heavy atom. The molecule has 8 nitrogen and oxygen atoms in total. The van der Waals surface area contributed by atoms with Gasteiger partial charge in [-0.3, -0.25) is 4.79 Å². The summed E-state index contributed by atoms with van der Waals surface area (Å²) < 4.78 is 37.6. The number of esters is 1. The first-order valence-electron chi connectivity index (χ1n) is 11.1. The summed E-state index contributed by atoms with van der Waals surface area (Å²) in [7, 11) is -3.76. The van der Waals surface area contributed by atoms with Gasteiger partial charge >= 0.3 is 5.97 Å². The van der Waals surface area contributed by atoms with Crippen molar-refractivity contribution in [2.45, 2.75) is 57.5 Å². The number of hydrogen-bond acceptors (Lipinski definition) is 6. The minimum atomic E-state index is -3.76. The normalized spacial score (nSPS) is 24.0. The second kappa shape index (κ2) is 8.61. The molecular weight excluding hydrogens is 444 g/mol. The van der Waals surface area contributed by atoms with Crippen LogP contribution in [0, 0.1) is 10.8 Å². The standard InChI is InChI=1S/C24H30N2O6S/c1-23(2)11-18-12-24(3,15-23)16-26(18)21(27)14-32-22(28)17-6-8-20(9-7-17)33(29,30)25-13-19-5-4-10-31-19/h4-10,18,25H,11-16H2,1-3H3/t18-,24+/m0/s1. The Balaban J connectivity index is 1.32. The van der Waals surface area contributed by atoms with Crippen LogP contribution in [0.4, 0.5) is 0 Å². The summed E-state index contributed by atoms with van der Waals surface area (Å²) in [6.45, 7) is 7.09. The number of hydrogen-bond donors (Lipinski definition) is 1. The van der Waals surface area contributed by atoms with Gasteiger partial charge in [0.25, 0.3) is 5.91 Å². The zero-order valence-corrected chi connectivity index (χ0v) is 20.0. The van der Waals surface area contributed by atoms with Gasteiger partial charge in [0.15, 0.2) is 6.61 Å². The van der Waals surface area contributed by atoms with Crippen molar-refractivity contribution in [3.05, 3.63) is 54.0 Å². The van der Waals surface area contributed by atoms with Crippen LogP contribution in [0.5, 0.6) is 0 Å². The van der Waals surface area contributed by atoms with E-state index in [9.17, 15) is 18.0 Å². The van der Waals surface area contributed by atoms with E-state index in [0.717, 1.165) is 19.3 Å². The summed E-state index contributed by atoms with van der Waals surface area (Å²) in [6.07, 6.45) is 4.48. The second-order valence-electron chi connectivity index (χ2n) is 10.2. The van der Waals surface area contributed by atoms with Crippen molar-refractivity contribution in [2.75, 3.05) is 13.2 Å². The summed E-state index contributed by atoms with van der Waals surface area (Å²) >= 11 is 0. The fourth-order valence-electron chi connectivity index (χ4n) is 5.48. The number of fused-ring (bicyclic) bond motifs is 2. The van der Waals surface area contributed by atoms with E-state index < -0.39 is 16.0 Å². The molecule has 33 heavy (non-hydrogen) atoms. The van der Waals surface area contributed by atoms with Gasteiger partial charge in [0, 0.05) is 12.6 Å². The molecule has 0 spiro atoms. The summed E-state index contributed by atoms with van der Waals surface area (Å²) in [6, 6.07) is 8.93. The number of rotatable bonds is 7. The Hall–Kier alpha value is -2.65. The predicted molar refractivity (Wildman–Crippen MR) is 121 cm³/mol. The molecular formula is C24H30N2O6S. The van der Waals surface area contributed by atoms with Crippen molar-refractivity contribution < 1.29 is 27.2 Å². The van der Waals surface area contributed by atoms with Gasteiger partial charge in [-0.2, -0.15) is 0 Å². The molecule has 1 aromatic heterocycles. The van der Waals surface area contributed by atoms with Gasteiger partial charge in [-0.1, -0.05) is 20.8 Å². The van der Waals surface area contributed by atoms with Gasteiger partial charge in [-0.05, 0) is 66.5 Å². The molecule has 2 atom stereocenters. The lowest BCUT2D eigenvalue weighted by molar-refractivity contribution is -0.135. The van der Waals surface area contributed by atoms with Gasteiger partial charge in [-0.15, -0.1) is 0 Å². The van der Waals surface area contributed by atoms with Crippen molar-refractivity contribution in [3.63, 3.8) is 0 Å². The topological polar surface area (TPSA) is 106 Å². The molecule has 2 fully saturated rings. The zero-order valence-electron chi connectivity index (χ0n) is 19.2. The molecule has 1 saturated heterocycles. The monoisotopic (exact) mass is 474 g/mol. The molecule has 4 rings (SSSR count). The first-order chi connectivity index (χ1) is 15.5. The van der Waals surface area contributed by atoms with E-state index in [2.05, 4.69) is 25.5 Å². The number of carbonyl (C=O) groups is 2. The number of benzene rings is 1. The van der Waals surface area contributed by atoms with Gasteiger partial charge in [-0.25, -0.2) is 17.9 Å². The maximum Gasteiger partial charge on any atom is 0.338 e. The molecule has 9 heteroatoms. The van der Waals surface area contributed by atoms with E-state index >= 15 is 0 Å². The zero-order chi connectivity index (χ0) is 23.9. The van der Waals surface area contributed by atoms with Crippen LogP contribution in [0.25, 0.3) is 0 Å². The Morgan fingerprint density at radius 2 is 1.88 bits per heavy atom. The largest absolute Gasteiger partial charge is 0.468 e. The minimum absolute atomic E-state index is 0.0156. The van der Waals surface area contributed by atoms with Crippen LogP contribution < -0.4 is 4.72 Å². The number of nitrogens with one attached hydrogen (secondary N) is 1. The smallest absolute Gasteiger partial charge is 0.338 e. The maximum atomic E-state index is 12.8. The van der Waals surface area contributed by atoms with Crippen molar-refractivity contribution in [1.82, 2.24) is 9.62 Å². The molecule has 1 aliphatic heterocycles. The number of amides is 1. The SMILES string of the molecule is CC1(C)C[C@H]2C[C@@](C)(CN2C(=O)COC(=O)c2ccc(S(=O)(=O)NCc3ccco3)cc2)C1. The Kier molecular flexibility index (Phi) is 6.13. The van der Waals surface area contributed by atoms with E-state index in [4.69, 9.17) is 9.15 Å². The lowest BCUT2D eigenvalue weighted by atomic mass is 9.65. The second-order valence-corrected chi connectivity index (χ2v) is 12.0. The average Bonchev–Trinajstić information content (AvgIpc) is 3.35. The van der Waals surface area contributed by atoms with Gasteiger partial charge in [0.05, 0.1) is 23.3 Å². The van der Waals surface area contributed by atoms with Gasteiger partial charge in [0.2, 0.25) is 10.0 Å². The Labute approximate surface area is 194 Å². The van der Waals surface area contributed by atoms with Gasteiger partial charge in [0.1, 0.15) is 5.76 Å². The molecule has 1 saturated carbocycles. The third-order valence-corrected chi connectivity index (χ3v) is 7.90. The van der Waals surface area contributed by atoms with Crippen molar-refractivity contribution in [3.8, 4) is 0 Å². The third-order valence-electron chi connectivity index (χ3n) is 6.48. The lowest BCUT2D eigenvalue weighted by Gasteiger charge is -2.39. The summed E-state index contributed by atoms with van der Waals surface area (Å²) in [5.74, 6) is -0.358. The van der Waals surface area contributed by atoms with E-state index in [1.807, 2.05) is 4.90 Å². The number of carbonyl (C=O) groups excluding carboxylic acids is 2. The number of furan rings is 1. The third kappa shape index (κ3) is 5.30. The molecule has 2 heterocycles. The quantitative estimate of drug-likeness (QED) is 0.617. The number of nitrogens with zero attached hydrogens (tertiary/aromatic N) is 1. The van der Waals surface area contributed by atoms with E-state index in [1.54, 1.807) is 12.1 Å². The number of ether oxygens (including phenoxy) is 1. The lowest BCUT2D eigenvalue weighted by Crippen LogP contribution is -2.39. The van der Waals surface area contributed by atoms with Crippen LogP contribution in [-0.2, 0) is 26.1 Å². The van der Waals surface area contributed by atoms with Crippen LogP contribution in [0.15, 0.2) is 52.0 Å². The number of sulfonamides is 1. The highest BCUT2D eigenvalue weighted by molar-refractivity contribution is 7.89. The van der Waals surface area contributed by atoms with Crippen molar-refractivity contribution in [1.29, 1.82) is 0 Å². The summed E-state index contributed by atoms with van der Waals surface area (Å²) in [4.78, 5) is 27.1. The minimum Gasteiger partial charge on any atom is -0.468 e. The molecule has 1 N–H and O–H groups in total. The average molecular weight is 475 g/mol. The first-order valence-corrected chi connectivity index (χ1v) is 12.5. The molecule has 0 radical (unpaired) electrons. The molecule has 1 aromatic carbocycles. The fourth-order valence-corrected chi connectivity index (χ4v) is 6.47. The van der Waals surface area contributed by atoms with Gasteiger partial charge < -0.3 is 14.1 Å². The van der Waals surface area contributed by atoms with E-state index in [-0.39, 0.29) is 46.4 Å². The summed E-state index contributed by atoms with van der Waals surface area (Å²) in [5.41, 5.74) is 0.484. The van der Waals surface area contributed by atoms with Crippen LogP contribution in [0.1, 0.15) is 56.2 Å². The fraction of sp³-hybridized carbons (Fsp3) is 0.500. The highest BCUT2D eigenvalue weighted by Gasteiger charge is 2.50. The molecule has 0 unspecified atom stereocenters. The molecule has 178 valence electrons. The number of likely N-dealkylation sites (tertiary alicyclic amines) is 1. The molecule has 2 bridgehead atoms. The maximum absolute atomic E-state index is 12.8. The van der Waals surface area contributed by atoms with E-state index in [0.29, 0.717) is 12.3 Å². The first kappa shape index (κ1) is 23.5. The van der Waals surface area contributed by atoms with Crippen LogP contribution in [0.3, 0.4) is 0 Å². The molecule has 1 amide bonds.